The first-order valence-corrected chi connectivity index (χ1v) is 11.0. The molecule has 6 heteroatoms. The maximum Gasteiger partial charge on any atom is 0.367 e. The van der Waals surface area contributed by atoms with Gasteiger partial charge in [0.05, 0.1) is 0 Å². The summed E-state index contributed by atoms with van der Waals surface area (Å²) in [6.45, 7) is 7.37. The maximum atomic E-state index is 11.6. The standard InChI is InChI=1S/C18H34O5Si/c1-7-16(23-18(19)14(2)3)10-8-9-15-11-12-24(21-5,22-6)17(13-15)20-4/h15-17H,2,7-13H2,1,3-6H3. The van der Waals surface area contributed by atoms with Gasteiger partial charge in [-0.3, -0.25) is 0 Å². The lowest BCUT2D eigenvalue weighted by atomic mass is 9.94. The van der Waals surface area contributed by atoms with E-state index in [9.17, 15) is 4.79 Å². The van der Waals surface area contributed by atoms with Crippen molar-refractivity contribution in [2.24, 2.45) is 5.92 Å². The molecule has 1 heterocycles. The van der Waals surface area contributed by atoms with Crippen molar-refractivity contribution in [2.45, 2.75) is 70.2 Å². The molecule has 140 valence electrons. The molecular formula is C18H34O5Si. The second-order valence-electron chi connectivity index (χ2n) is 6.73. The molecule has 0 radical (unpaired) electrons. The minimum atomic E-state index is -2.21. The van der Waals surface area contributed by atoms with E-state index in [4.69, 9.17) is 18.3 Å². The van der Waals surface area contributed by atoms with Crippen molar-refractivity contribution in [2.75, 3.05) is 21.3 Å². The Morgan fingerprint density at radius 2 is 1.96 bits per heavy atom. The molecule has 1 aliphatic rings. The average molecular weight is 359 g/mol. The Kier molecular flexibility index (Phi) is 9.19. The Balaban J connectivity index is 2.43. The van der Waals surface area contributed by atoms with Gasteiger partial charge < -0.3 is 18.3 Å². The van der Waals surface area contributed by atoms with E-state index >= 15 is 0 Å². The van der Waals surface area contributed by atoms with Gasteiger partial charge in [-0.25, -0.2) is 4.79 Å². The van der Waals surface area contributed by atoms with Gasteiger partial charge in [-0.05, 0) is 51.0 Å². The Hall–Kier alpha value is -0.693. The van der Waals surface area contributed by atoms with Crippen LogP contribution in [0, 0.1) is 5.92 Å². The Morgan fingerprint density at radius 1 is 1.29 bits per heavy atom. The van der Waals surface area contributed by atoms with Crippen LogP contribution in [-0.2, 0) is 23.1 Å². The van der Waals surface area contributed by atoms with Gasteiger partial charge in [0.1, 0.15) is 11.8 Å². The van der Waals surface area contributed by atoms with Crippen LogP contribution in [0.4, 0.5) is 0 Å². The monoisotopic (exact) mass is 358 g/mol. The second kappa shape index (κ2) is 10.3. The lowest BCUT2D eigenvalue weighted by Gasteiger charge is -2.40. The third kappa shape index (κ3) is 5.69. The molecule has 1 rings (SSSR count). The van der Waals surface area contributed by atoms with Gasteiger partial charge in [0, 0.05) is 26.9 Å². The fourth-order valence-electron chi connectivity index (χ4n) is 3.49. The van der Waals surface area contributed by atoms with Gasteiger partial charge in [0.25, 0.3) is 0 Å². The van der Waals surface area contributed by atoms with Gasteiger partial charge in [-0.15, -0.1) is 0 Å². The van der Waals surface area contributed by atoms with Crippen molar-refractivity contribution in [3.63, 3.8) is 0 Å². The summed E-state index contributed by atoms with van der Waals surface area (Å²) in [6, 6.07) is 0.977. The van der Waals surface area contributed by atoms with E-state index in [1.165, 1.54) is 0 Å². The molecule has 3 unspecified atom stereocenters. The minimum Gasteiger partial charge on any atom is -0.459 e. The highest BCUT2D eigenvalue weighted by molar-refractivity contribution is 6.69. The summed E-state index contributed by atoms with van der Waals surface area (Å²) >= 11 is 0. The second-order valence-corrected chi connectivity index (χ2v) is 10.3. The van der Waals surface area contributed by atoms with E-state index in [0.29, 0.717) is 11.5 Å². The van der Waals surface area contributed by atoms with E-state index in [0.717, 1.165) is 44.6 Å². The first kappa shape index (κ1) is 21.3. The number of hydrogen-bond acceptors (Lipinski definition) is 5. The molecule has 1 aliphatic heterocycles. The molecule has 0 aromatic rings. The Bertz CT molecular complexity index is 408. The minimum absolute atomic E-state index is 0.0116. The number of methoxy groups -OCH3 is 1. The largest absolute Gasteiger partial charge is 0.459 e. The Labute approximate surface area is 147 Å². The molecule has 0 aromatic heterocycles. The predicted octanol–water partition coefficient (Wildman–Crippen LogP) is 3.75. The summed E-state index contributed by atoms with van der Waals surface area (Å²) in [5.41, 5.74) is 0.554. The molecule has 0 spiro atoms. The van der Waals surface area contributed by atoms with Crippen LogP contribution in [0.15, 0.2) is 12.2 Å². The average Bonchev–Trinajstić information content (AvgIpc) is 2.60. The maximum absolute atomic E-state index is 11.6. The number of ether oxygens (including phenoxy) is 2. The summed E-state index contributed by atoms with van der Waals surface area (Å²) in [7, 11) is 3.02. The quantitative estimate of drug-likeness (QED) is 0.338. The zero-order valence-electron chi connectivity index (χ0n) is 15.9. The molecule has 0 bridgehead atoms. The lowest BCUT2D eigenvalue weighted by molar-refractivity contribution is -0.144. The van der Waals surface area contributed by atoms with E-state index in [1.54, 1.807) is 28.3 Å². The molecule has 0 saturated carbocycles. The predicted molar refractivity (Wildman–Crippen MR) is 96.9 cm³/mol. The molecule has 1 saturated heterocycles. The van der Waals surface area contributed by atoms with E-state index < -0.39 is 8.56 Å². The van der Waals surface area contributed by atoms with Crippen LogP contribution < -0.4 is 0 Å². The van der Waals surface area contributed by atoms with Crippen molar-refractivity contribution < 1.29 is 23.1 Å². The van der Waals surface area contributed by atoms with Gasteiger partial charge in [-0.2, -0.15) is 0 Å². The number of carbonyl (C=O) groups excluding carboxylic acids is 1. The molecular weight excluding hydrogens is 324 g/mol. The molecule has 1 fully saturated rings. The molecule has 3 atom stereocenters. The lowest BCUT2D eigenvalue weighted by Crippen LogP contribution is -2.56. The van der Waals surface area contributed by atoms with Crippen molar-refractivity contribution in [3.05, 3.63) is 12.2 Å². The number of carbonyl (C=O) groups is 1. The smallest absolute Gasteiger partial charge is 0.367 e. The molecule has 5 nitrogen and oxygen atoms in total. The summed E-state index contributed by atoms with van der Waals surface area (Å²) in [6.07, 6.45) is 6.02. The summed E-state index contributed by atoms with van der Waals surface area (Å²) < 4.78 is 22.6. The summed E-state index contributed by atoms with van der Waals surface area (Å²) in [5, 5.41) is 0. The molecule has 0 aliphatic carbocycles. The van der Waals surface area contributed by atoms with E-state index in [-0.39, 0.29) is 17.8 Å². The molecule has 0 amide bonds. The van der Waals surface area contributed by atoms with Crippen LogP contribution in [0.1, 0.15) is 52.4 Å². The van der Waals surface area contributed by atoms with E-state index in [2.05, 4.69) is 13.5 Å². The number of hydrogen-bond donors (Lipinski definition) is 0. The van der Waals surface area contributed by atoms with Crippen molar-refractivity contribution in [3.8, 4) is 0 Å². The number of esters is 1. The van der Waals surface area contributed by atoms with Crippen LogP contribution >= 0.6 is 0 Å². The van der Waals surface area contributed by atoms with Gasteiger partial charge in [0.2, 0.25) is 0 Å². The van der Waals surface area contributed by atoms with Gasteiger partial charge >= 0.3 is 14.5 Å². The van der Waals surface area contributed by atoms with Gasteiger partial charge in [-0.1, -0.05) is 19.9 Å². The molecule has 0 N–H and O–H groups in total. The van der Waals surface area contributed by atoms with Crippen molar-refractivity contribution >= 4 is 14.5 Å². The number of rotatable bonds is 10. The Morgan fingerprint density at radius 3 is 2.46 bits per heavy atom. The normalized spacial score (nSPS) is 24.4. The van der Waals surface area contributed by atoms with Crippen LogP contribution in [0.2, 0.25) is 6.04 Å². The fraction of sp³-hybridized carbons (Fsp3) is 0.833. The zero-order valence-corrected chi connectivity index (χ0v) is 16.9. The summed E-state index contributed by atoms with van der Waals surface area (Å²) in [5.74, 6) is 0.338. The zero-order chi connectivity index (χ0) is 18.2. The highest BCUT2D eigenvalue weighted by atomic mass is 28.4. The molecule has 24 heavy (non-hydrogen) atoms. The van der Waals surface area contributed by atoms with Crippen LogP contribution in [0.3, 0.4) is 0 Å². The van der Waals surface area contributed by atoms with Crippen LogP contribution in [0.25, 0.3) is 0 Å². The molecule has 0 aromatic carbocycles. The van der Waals surface area contributed by atoms with Crippen molar-refractivity contribution in [1.82, 2.24) is 0 Å². The topological polar surface area (TPSA) is 54.0 Å². The van der Waals surface area contributed by atoms with Crippen molar-refractivity contribution in [1.29, 1.82) is 0 Å². The third-order valence-electron chi connectivity index (χ3n) is 5.13. The SMILES string of the molecule is C=C(C)C(=O)OC(CC)CCCC1CC[Si](OC)(OC)C(OC)C1. The highest BCUT2D eigenvalue weighted by Crippen LogP contribution is 2.36. The van der Waals surface area contributed by atoms with E-state index in [1.807, 2.05) is 0 Å². The first-order valence-electron chi connectivity index (χ1n) is 8.92. The highest BCUT2D eigenvalue weighted by Gasteiger charge is 2.49. The fourth-order valence-corrected chi connectivity index (χ4v) is 6.77. The first-order chi connectivity index (χ1) is 11.4. The van der Waals surface area contributed by atoms with Crippen LogP contribution in [-0.4, -0.2) is 47.7 Å². The van der Waals surface area contributed by atoms with Crippen LogP contribution in [0.5, 0.6) is 0 Å². The third-order valence-corrected chi connectivity index (χ3v) is 8.95. The van der Waals surface area contributed by atoms with Gasteiger partial charge in [0.15, 0.2) is 0 Å². The summed E-state index contributed by atoms with van der Waals surface area (Å²) in [4.78, 5) is 11.6.